The maximum absolute atomic E-state index is 5.74. The lowest BCUT2D eigenvalue weighted by Gasteiger charge is -2.15. The highest BCUT2D eigenvalue weighted by molar-refractivity contribution is 5.35. The minimum Gasteiger partial charge on any atom is -0.382 e. The fourth-order valence-electron chi connectivity index (χ4n) is 1.51. The van der Waals surface area contributed by atoms with Crippen LogP contribution in [-0.4, -0.2) is 28.7 Å². The smallest absolute Gasteiger partial charge is 0.169 e. The fourth-order valence-corrected chi connectivity index (χ4v) is 1.51. The first-order valence-corrected chi connectivity index (χ1v) is 4.77. The van der Waals surface area contributed by atoms with Crippen LogP contribution in [0.4, 0.5) is 5.82 Å². The molecule has 0 amide bonds. The van der Waals surface area contributed by atoms with E-state index < -0.39 is 0 Å². The highest BCUT2D eigenvalue weighted by Gasteiger charge is 2.17. The first-order chi connectivity index (χ1) is 6.57. The monoisotopic (exact) mass is 198 g/mol. The van der Waals surface area contributed by atoms with Crippen molar-refractivity contribution in [3.63, 3.8) is 0 Å². The lowest BCUT2D eigenvalue weighted by atomic mass is 10.1. The number of aromatic nitrogens is 3. The van der Waals surface area contributed by atoms with Crippen molar-refractivity contribution in [1.82, 2.24) is 15.0 Å². The zero-order chi connectivity index (χ0) is 10.7. The van der Waals surface area contributed by atoms with Gasteiger partial charge in [0.25, 0.3) is 0 Å². The van der Waals surface area contributed by atoms with Crippen LogP contribution in [0.15, 0.2) is 0 Å². The van der Waals surface area contributed by atoms with Gasteiger partial charge in [-0.25, -0.2) is 4.68 Å². The Morgan fingerprint density at radius 2 is 2.07 bits per heavy atom. The van der Waals surface area contributed by atoms with Gasteiger partial charge in [0.1, 0.15) is 0 Å². The second-order valence-corrected chi connectivity index (χ2v) is 3.76. The number of anilines is 1. The van der Waals surface area contributed by atoms with Gasteiger partial charge in [0.2, 0.25) is 0 Å². The minimum absolute atomic E-state index is 0.169. The Morgan fingerprint density at radius 3 is 2.57 bits per heavy atom. The van der Waals surface area contributed by atoms with Crippen molar-refractivity contribution < 1.29 is 4.74 Å². The molecule has 0 saturated heterocycles. The molecule has 0 bridgehead atoms. The molecule has 0 aliphatic heterocycles. The van der Waals surface area contributed by atoms with Gasteiger partial charge in [-0.3, -0.25) is 0 Å². The van der Waals surface area contributed by atoms with Gasteiger partial charge in [-0.05, 0) is 12.8 Å². The molecule has 0 saturated carbocycles. The third-order valence-electron chi connectivity index (χ3n) is 2.13. The summed E-state index contributed by atoms with van der Waals surface area (Å²) in [5.74, 6) is 0.840. The lowest BCUT2D eigenvalue weighted by molar-refractivity contribution is 0.154. The van der Waals surface area contributed by atoms with Crippen LogP contribution in [0.3, 0.4) is 0 Å². The molecule has 1 aromatic rings. The molecule has 1 unspecified atom stereocenters. The largest absolute Gasteiger partial charge is 0.382 e. The predicted molar refractivity (Wildman–Crippen MR) is 55.1 cm³/mol. The topological polar surface area (TPSA) is 66.0 Å². The second kappa shape index (κ2) is 4.41. The molecule has 14 heavy (non-hydrogen) atoms. The molecule has 0 aromatic carbocycles. The summed E-state index contributed by atoms with van der Waals surface area (Å²) in [5.41, 5.74) is 6.72. The quantitative estimate of drug-likeness (QED) is 0.789. The van der Waals surface area contributed by atoms with Crippen molar-refractivity contribution >= 4 is 5.82 Å². The van der Waals surface area contributed by atoms with Gasteiger partial charge in [0, 0.05) is 7.11 Å². The highest BCUT2D eigenvalue weighted by Crippen LogP contribution is 2.22. The summed E-state index contributed by atoms with van der Waals surface area (Å²) < 4.78 is 6.91. The molecule has 0 radical (unpaired) electrons. The average Bonchev–Trinajstić information content (AvgIpc) is 2.47. The van der Waals surface area contributed by atoms with E-state index in [2.05, 4.69) is 24.2 Å². The van der Waals surface area contributed by atoms with Crippen LogP contribution in [0.2, 0.25) is 0 Å². The molecule has 2 N–H and O–H groups in total. The number of nitrogen functional groups attached to an aromatic ring is 1. The zero-order valence-electron chi connectivity index (χ0n) is 9.19. The van der Waals surface area contributed by atoms with E-state index in [4.69, 9.17) is 10.5 Å². The number of ether oxygens (including phenoxy) is 1. The molecule has 1 heterocycles. The predicted octanol–water partition coefficient (Wildman–Crippen LogP) is 1.19. The summed E-state index contributed by atoms with van der Waals surface area (Å²) in [5, 5.41) is 7.89. The molecular weight excluding hydrogens is 180 g/mol. The molecule has 0 fully saturated rings. The molecule has 0 spiro atoms. The summed E-state index contributed by atoms with van der Waals surface area (Å²) in [4.78, 5) is 0. The summed E-state index contributed by atoms with van der Waals surface area (Å²) in [6.45, 7) is 6.79. The first kappa shape index (κ1) is 11.0. The molecule has 80 valence electrons. The van der Waals surface area contributed by atoms with Crippen molar-refractivity contribution in [2.75, 3.05) is 19.5 Å². The third-order valence-corrected chi connectivity index (χ3v) is 2.13. The number of rotatable bonds is 4. The van der Waals surface area contributed by atoms with E-state index in [9.17, 15) is 0 Å². The number of nitrogens with two attached hydrogens (primary N) is 1. The van der Waals surface area contributed by atoms with Crippen molar-refractivity contribution in [3.05, 3.63) is 5.69 Å². The van der Waals surface area contributed by atoms with Crippen molar-refractivity contribution in [2.24, 2.45) is 0 Å². The van der Waals surface area contributed by atoms with Crippen LogP contribution in [0, 0.1) is 0 Å². The minimum atomic E-state index is 0.169. The van der Waals surface area contributed by atoms with Crippen LogP contribution in [0.5, 0.6) is 0 Å². The van der Waals surface area contributed by atoms with Gasteiger partial charge in [0.15, 0.2) is 5.82 Å². The van der Waals surface area contributed by atoms with Gasteiger partial charge in [-0.15, -0.1) is 5.10 Å². The molecular formula is C9H18N4O. The molecule has 1 rings (SSSR count). The van der Waals surface area contributed by atoms with Gasteiger partial charge in [-0.1, -0.05) is 19.1 Å². The number of nitrogens with zero attached hydrogens (tertiary/aromatic N) is 3. The van der Waals surface area contributed by atoms with E-state index in [1.807, 2.05) is 11.6 Å². The number of methoxy groups -OCH3 is 1. The number of hydrogen-bond donors (Lipinski definition) is 1. The average molecular weight is 198 g/mol. The molecule has 5 heteroatoms. The van der Waals surface area contributed by atoms with Crippen LogP contribution in [0.1, 0.15) is 38.4 Å². The Hall–Kier alpha value is -1.10. The Morgan fingerprint density at radius 1 is 1.43 bits per heavy atom. The molecule has 0 aliphatic carbocycles. The molecule has 1 aromatic heterocycles. The van der Waals surface area contributed by atoms with Gasteiger partial charge in [0.05, 0.1) is 18.3 Å². The van der Waals surface area contributed by atoms with Gasteiger partial charge < -0.3 is 10.5 Å². The van der Waals surface area contributed by atoms with Gasteiger partial charge >= 0.3 is 0 Å². The normalized spacial score (nSPS) is 13.5. The maximum Gasteiger partial charge on any atom is 0.169 e. The Kier molecular flexibility index (Phi) is 3.46. The summed E-state index contributed by atoms with van der Waals surface area (Å²) in [6, 6.07) is 0.169. The zero-order valence-corrected chi connectivity index (χ0v) is 9.19. The Balaban J connectivity index is 2.96. The number of hydrogen-bond acceptors (Lipinski definition) is 4. The summed E-state index contributed by atoms with van der Waals surface area (Å²) in [7, 11) is 1.67. The Labute approximate surface area is 84.2 Å². The highest BCUT2D eigenvalue weighted by atomic mass is 16.5. The SMILES string of the molecule is COCC(C)n1nnc(N)c1C(C)C. The molecule has 5 nitrogen and oxygen atoms in total. The standard InChI is InChI=1S/C9H18N4O/c1-6(2)8-9(10)11-12-13(8)7(3)5-14-4/h6-7H,5,10H2,1-4H3. The third kappa shape index (κ3) is 2.04. The van der Waals surface area contributed by atoms with Crippen molar-refractivity contribution in [3.8, 4) is 0 Å². The summed E-state index contributed by atoms with van der Waals surface area (Å²) in [6.07, 6.45) is 0. The Bertz CT molecular complexity index is 295. The summed E-state index contributed by atoms with van der Waals surface area (Å²) >= 11 is 0. The molecule has 0 aliphatic rings. The van der Waals surface area contributed by atoms with E-state index in [0.717, 1.165) is 5.69 Å². The van der Waals surface area contributed by atoms with Crippen LogP contribution in [-0.2, 0) is 4.74 Å². The van der Waals surface area contributed by atoms with Crippen LogP contribution < -0.4 is 5.73 Å². The van der Waals surface area contributed by atoms with Crippen molar-refractivity contribution in [2.45, 2.75) is 32.7 Å². The van der Waals surface area contributed by atoms with Gasteiger partial charge in [-0.2, -0.15) is 0 Å². The first-order valence-electron chi connectivity index (χ1n) is 4.77. The van der Waals surface area contributed by atoms with E-state index in [-0.39, 0.29) is 6.04 Å². The van der Waals surface area contributed by atoms with Crippen LogP contribution in [0.25, 0.3) is 0 Å². The van der Waals surface area contributed by atoms with E-state index >= 15 is 0 Å². The fraction of sp³-hybridized carbons (Fsp3) is 0.778. The second-order valence-electron chi connectivity index (χ2n) is 3.76. The lowest BCUT2D eigenvalue weighted by Crippen LogP contribution is -2.16. The van der Waals surface area contributed by atoms with Crippen LogP contribution >= 0.6 is 0 Å². The molecule has 1 atom stereocenters. The van der Waals surface area contributed by atoms with E-state index in [1.54, 1.807) is 7.11 Å². The maximum atomic E-state index is 5.74. The van der Waals surface area contributed by atoms with E-state index in [0.29, 0.717) is 18.3 Å². The van der Waals surface area contributed by atoms with Crippen molar-refractivity contribution in [1.29, 1.82) is 0 Å². The van der Waals surface area contributed by atoms with E-state index in [1.165, 1.54) is 0 Å².